The van der Waals surface area contributed by atoms with Crippen LogP contribution in [0.1, 0.15) is 0 Å². The molecule has 0 aliphatic rings. The lowest BCUT2D eigenvalue weighted by Gasteiger charge is -2.11. The molecule has 0 fully saturated rings. The maximum atomic E-state index is 11.0. The first-order chi connectivity index (χ1) is 10.1. The Bertz CT molecular complexity index is 828. The van der Waals surface area contributed by atoms with Crippen molar-refractivity contribution in [2.75, 3.05) is 5.88 Å². The number of non-ortho nitro benzene ring substituents is 1. The number of halogens is 1. The Labute approximate surface area is 125 Å². The smallest absolute Gasteiger partial charge is 0.270 e. The third-order valence-corrected chi connectivity index (χ3v) is 3.89. The van der Waals surface area contributed by atoms with E-state index in [0.717, 1.165) is 21.8 Å². The summed E-state index contributed by atoms with van der Waals surface area (Å²) in [7, 11) is 0. The molecule has 108 valence electrons. The summed E-state index contributed by atoms with van der Waals surface area (Å²) in [4.78, 5) is 10.5. The van der Waals surface area contributed by atoms with E-state index in [1.807, 2.05) is 28.8 Å². The predicted octanol–water partition coefficient (Wildman–Crippen LogP) is 3.30. The van der Waals surface area contributed by atoms with Gasteiger partial charge in [-0.2, -0.15) is 0 Å². The van der Waals surface area contributed by atoms with Gasteiger partial charge >= 0.3 is 0 Å². The molecular weight excluding hydrogens is 292 g/mol. The van der Waals surface area contributed by atoms with Gasteiger partial charge in [0.15, 0.2) is 0 Å². The zero-order valence-corrected chi connectivity index (χ0v) is 11.8. The Balaban J connectivity index is 2.31. The van der Waals surface area contributed by atoms with Gasteiger partial charge in [-0.05, 0) is 12.1 Å². The molecule has 3 rings (SSSR count). The minimum Gasteiger partial charge on any atom is -0.390 e. The van der Waals surface area contributed by atoms with Crippen molar-refractivity contribution in [3.63, 3.8) is 0 Å². The average molecular weight is 305 g/mol. The second-order valence-corrected chi connectivity index (χ2v) is 5.20. The number of nitro benzene ring substituents is 1. The number of alkyl halides is 1. The molecule has 0 saturated carbocycles. The number of nitro groups is 1. The van der Waals surface area contributed by atoms with Gasteiger partial charge < -0.3 is 9.67 Å². The summed E-state index contributed by atoms with van der Waals surface area (Å²) in [5, 5.41) is 22.5. The summed E-state index contributed by atoms with van der Waals surface area (Å²) in [6.45, 7) is 0.353. The lowest BCUT2D eigenvalue weighted by molar-refractivity contribution is -0.384. The summed E-state index contributed by atoms with van der Waals surface area (Å²) < 4.78 is 1.95. The molecule has 0 bridgehead atoms. The number of aromatic nitrogens is 1. The number of hydrogen-bond acceptors (Lipinski definition) is 3. The van der Waals surface area contributed by atoms with Gasteiger partial charge in [-0.1, -0.05) is 18.2 Å². The minimum atomic E-state index is -0.666. The van der Waals surface area contributed by atoms with E-state index in [4.69, 9.17) is 11.6 Å². The summed E-state index contributed by atoms with van der Waals surface area (Å²) in [6, 6.07) is 12.4. The topological polar surface area (TPSA) is 68.3 Å². The lowest BCUT2D eigenvalue weighted by atomic mass is 10.1. The van der Waals surface area contributed by atoms with Gasteiger partial charge in [-0.15, -0.1) is 11.6 Å². The fraction of sp³-hybridized carbons (Fsp3) is 0.200. The molecule has 0 saturated heterocycles. The molecule has 0 spiro atoms. The Kier molecular flexibility index (Phi) is 3.53. The molecule has 3 aromatic rings. The van der Waals surface area contributed by atoms with Crippen molar-refractivity contribution in [1.82, 2.24) is 4.57 Å². The normalized spacial score (nSPS) is 12.9. The Morgan fingerprint density at radius 1 is 1.19 bits per heavy atom. The van der Waals surface area contributed by atoms with Crippen LogP contribution >= 0.6 is 11.6 Å². The van der Waals surface area contributed by atoms with E-state index in [2.05, 4.69) is 0 Å². The van der Waals surface area contributed by atoms with E-state index >= 15 is 0 Å². The van der Waals surface area contributed by atoms with Crippen LogP contribution in [0, 0.1) is 10.1 Å². The quantitative estimate of drug-likeness (QED) is 0.457. The first kappa shape index (κ1) is 13.9. The molecule has 0 amide bonds. The molecule has 6 heteroatoms. The summed E-state index contributed by atoms with van der Waals surface area (Å²) in [5.41, 5.74) is 1.84. The zero-order valence-electron chi connectivity index (χ0n) is 11.1. The number of benzene rings is 2. The minimum absolute atomic E-state index is 0.0586. The third-order valence-electron chi connectivity index (χ3n) is 3.54. The van der Waals surface area contributed by atoms with Crippen molar-refractivity contribution in [2.24, 2.45) is 0 Å². The Morgan fingerprint density at radius 2 is 1.90 bits per heavy atom. The van der Waals surface area contributed by atoms with Crippen LogP contribution in [0.3, 0.4) is 0 Å². The van der Waals surface area contributed by atoms with Crippen LogP contribution in [-0.2, 0) is 6.54 Å². The maximum Gasteiger partial charge on any atom is 0.270 e. The predicted molar refractivity (Wildman–Crippen MR) is 82.8 cm³/mol. The van der Waals surface area contributed by atoms with Crippen LogP contribution in [0.2, 0.25) is 0 Å². The highest BCUT2D eigenvalue weighted by Gasteiger charge is 2.16. The molecule has 0 aliphatic heterocycles. The Hall–Kier alpha value is -2.11. The van der Waals surface area contributed by atoms with Crippen LogP contribution in [0.25, 0.3) is 21.8 Å². The molecular formula is C15H13ClN2O3. The van der Waals surface area contributed by atoms with E-state index in [-0.39, 0.29) is 11.6 Å². The molecule has 21 heavy (non-hydrogen) atoms. The maximum absolute atomic E-state index is 11.0. The van der Waals surface area contributed by atoms with Crippen molar-refractivity contribution in [1.29, 1.82) is 0 Å². The molecule has 0 aliphatic carbocycles. The Morgan fingerprint density at radius 3 is 2.62 bits per heavy atom. The highest BCUT2D eigenvalue weighted by molar-refractivity contribution is 6.18. The van der Waals surface area contributed by atoms with E-state index in [1.165, 1.54) is 6.07 Å². The fourth-order valence-corrected chi connectivity index (χ4v) is 2.71. The van der Waals surface area contributed by atoms with Crippen molar-refractivity contribution < 1.29 is 10.0 Å². The molecule has 5 nitrogen and oxygen atoms in total. The summed E-state index contributed by atoms with van der Waals surface area (Å²) in [5.74, 6) is 0.140. The average Bonchev–Trinajstić information content (AvgIpc) is 2.81. The monoisotopic (exact) mass is 304 g/mol. The standard InChI is InChI=1S/C15H13ClN2O3/c16-8-11(19)9-17-14-4-2-1-3-12(14)13-7-10(18(20)21)5-6-15(13)17/h1-7,11,19H,8-9H2/t11-/m1/s1. The number of para-hydroxylation sites is 1. The van der Waals surface area contributed by atoms with Crippen molar-refractivity contribution in [3.8, 4) is 0 Å². The van der Waals surface area contributed by atoms with Gasteiger partial charge in [0.05, 0.1) is 23.5 Å². The van der Waals surface area contributed by atoms with Crippen molar-refractivity contribution >= 4 is 39.1 Å². The van der Waals surface area contributed by atoms with Gasteiger partial charge in [-0.25, -0.2) is 0 Å². The molecule has 1 heterocycles. The number of aliphatic hydroxyl groups is 1. The molecule has 2 aromatic carbocycles. The van der Waals surface area contributed by atoms with Crippen molar-refractivity contribution in [2.45, 2.75) is 12.6 Å². The van der Waals surface area contributed by atoms with Crippen LogP contribution in [0.15, 0.2) is 42.5 Å². The van der Waals surface area contributed by atoms with Crippen LogP contribution in [0.4, 0.5) is 5.69 Å². The largest absolute Gasteiger partial charge is 0.390 e. The second kappa shape index (κ2) is 5.35. The molecule has 1 atom stereocenters. The zero-order chi connectivity index (χ0) is 15.0. The van der Waals surface area contributed by atoms with Gasteiger partial charge in [0.1, 0.15) is 0 Å². The lowest BCUT2D eigenvalue weighted by Crippen LogP contribution is -2.17. The molecule has 1 N–H and O–H groups in total. The SMILES string of the molecule is O=[N+]([O-])c1ccc2c(c1)c1ccccc1n2C[C@H](O)CCl. The molecule has 1 aromatic heterocycles. The summed E-state index contributed by atoms with van der Waals surface area (Å²) in [6.07, 6.45) is -0.666. The number of hydrogen-bond donors (Lipinski definition) is 1. The number of aliphatic hydroxyl groups excluding tert-OH is 1. The van der Waals surface area contributed by atoms with Gasteiger partial charge in [0.2, 0.25) is 0 Å². The van der Waals surface area contributed by atoms with Crippen LogP contribution < -0.4 is 0 Å². The summed E-state index contributed by atoms with van der Waals surface area (Å²) >= 11 is 5.69. The highest BCUT2D eigenvalue weighted by Crippen LogP contribution is 2.31. The van der Waals surface area contributed by atoms with E-state index in [1.54, 1.807) is 12.1 Å². The molecule has 0 unspecified atom stereocenters. The highest BCUT2D eigenvalue weighted by atomic mass is 35.5. The third kappa shape index (κ3) is 2.34. The van der Waals surface area contributed by atoms with E-state index in [9.17, 15) is 15.2 Å². The first-order valence-corrected chi connectivity index (χ1v) is 7.04. The van der Waals surface area contributed by atoms with Gasteiger partial charge in [0, 0.05) is 33.9 Å². The first-order valence-electron chi connectivity index (χ1n) is 6.51. The van der Waals surface area contributed by atoms with Crippen LogP contribution in [0.5, 0.6) is 0 Å². The van der Waals surface area contributed by atoms with Crippen LogP contribution in [-0.4, -0.2) is 26.6 Å². The fourth-order valence-electron chi connectivity index (χ4n) is 2.61. The van der Waals surface area contributed by atoms with Gasteiger partial charge in [-0.3, -0.25) is 10.1 Å². The number of fused-ring (bicyclic) bond motifs is 3. The van der Waals surface area contributed by atoms with Crippen molar-refractivity contribution in [3.05, 3.63) is 52.6 Å². The number of nitrogens with zero attached hydrogens (tertiary/aromatic N) is 2. The van der Waals surface area contributed by atoms with Gasteiger partial charge in [0.25, 0.3) is 5.69 Å². The second-order valence-electron chi connectivity index (χ2n) is 4.89. The molecule has 0 radical (unpaired) electrons. The van der Waals surface area contributed by atoms with E-state index in [0.29, 0.717) is 6.54 Å². The van der Waals surface area contributed by atoms with E-state index < -0.39 is 11.0 Å². The number of rotatable bonds is 4.